The highest BCUT2D eigenvalue weighted by atomic mass is 32.2. The second kappa shape index (κ2) is 26.0. The van der Waals surface area contributed by atoms with Gasteiger partial charge in [-0.2, -0.15) is 26.3 Å². The van der Waals surface area contributed by atoms with Crippen molar-refractivity contribution >= 4 is 43.2 Å². The molecule has 2 aromatic carbocycles. The minimum Gasteiger partial charge on any atom is -0.444 e. The number of ether oxygens (including phenoxy) is 4. The minimum atomic E-state index is -5.04. The predicted octanol–water partition coefficient (Wildman–Crippen LogP) is 12.6. The molecule has 1 aliphatic rings. The van der Waals surface area contributed by atoms with Crippen molar-refractivity contribution in [3.63, 3.8) is 0 Å². The van der Waals surface area contributed by atoms with Crippen LogP contribution in [0.25, 0.3) is 23.2 Å². The van der Waals surface area contributed by atoms with E-state index in [-0.39, 0.29) is 62.5 Å². The highest BCUT2D eigenvalue weighted by Crippen LogP contribution is 2.48. The second-order valence-corrected chi connectivity index (χ2v) is 25.0. The number of aryl methyl sites for hydroxylation is 2. The van der Waals surface area contributed by atoms with Crippen LogP contribution < -0.4 is 10.6 Å². The Morgan fingerprint density at radius 3 is 1.80 bits per heavy atom. The molecule has 4 bridgehead atoms. The van der Waals surface area contributed by atoms with Gasteiger partial charge in [-0.05, 0) is 103 Å². The van der Waals surface area contributed by atoms with Crippen molar-refractivity contribution in [2.75, 3.05) is 22.1 Å². The Morgan fingerprint density at radius 2 is 1.26 bits per heavy atom. The summed E-state index contributed by atoms with van der Waals surface area (Å²) in [5.41, 5.74) is -7.62. The van der Waals surface area contributed by atoms with E-state index in [9.17, 15) is 52.8 Å². The molecule has 2 atom stereocenters. The Bertz CT molecular complexity index is 3580. The van der Waals surface area contributed by atoms with Gasteiger partial charge in [-0.1, -0.05) is 85.0 Å². The number of amides is 2. The highest BCUT2D eigenvalue weighted by molar-refractivity contribution is 7.91. The number of hydrogen-bond donors (Lipinski definition) is 2. The third-order valence-electron chi connectivity index (χ3n) is 11.9. The summed E-state index contributed by atoms with van der Waals surface area (Å²) in [6.07, 6.45) is -8.48. The summed E-state index contributed by atoms with van der Waals surface area (Å²) in [6, 6.07) is 19.0. The first-order valence-electron chi connectivity index (χ1n) is 25.7. The van der Waals surface area contributed by atoms with Gasteiger partial charge in [-0.25, -0.2) is 36.4 Å². The molecule has 2 N–H and O–H groups in total. The number of halogens is 6. The molecule has 2 unspecified atom stereocenters. The van der Waals surface area contributed by atoms with E-state index >= 15 is 0 Å². The van der Waals surface area contributed by atoms with Crippen molar-refractivity contribution in [3.8, 4) is 23.2 Å². The van der Waals surface area contributed by atoms with Gasteiger partial charge in [0.05, 0.1) is 36.1 Å². The van der Waals surface area contributed by atoms with E-state index in [1.54, 1.807) is 102 Å². The maximum atomic E-state index is 14.8. The summed E-state index contributed by atoms with van der Waals surface area (Å²) in [5.74, 6) is -3.78. The lowest BCUT2D eigenvalue weighted by Crippen LogP contribution is -2.45. The summed E-state index contributed by atoms with van der Waals surface area (Å²) in [6.45, 7) is 18.8. The fourth-order valence-corrected chi connectivity index (χ4v) is 10.8. The fraction of sp³-hybridized carbons (Fsp3) is 0.393. The number of nitrogens with zero attached hydrogens (tertiary/aromatic N) is 6. The number of carbonyl (C=O) groups excluding carboxylic acids is 2. The Labute approximate surface area is 481 Å². The quantitative estimate of drug-likeness (QED) is 0.0673. The molecule has 0 aliphatic carbocycles. The van der Waals surface area contributed by atoms with E-state index in [0.29, 0.717) is 11.1 Å². The maximum Gasteiger partial charge on any atom is 0.426 e. The topological polar surface area (TPSA) is 267 Å². The van der Waals surface area contributed by atoms with Gasteiger partial charge in [0.25, 0.3) is 23.6 Å². The van der Waals surface area contributed by atoms with Crippen LogP contribution in [0, 0.1) is 13.8 Å². The summed E-state index contributed by atoms with van der Waals surface area (Å²) >= 11 is 0. The predicted molar refractivity (Wildman–Crippen MR) is 294 cm³/mol. The lowest BCUT2D eigenvalue weighted by Gasteiger charge is -2.31. The fourth-order valence-electron chi connectivity index (χ4n) is 7.97. The van der Waals surface area contributed by atoms with Gasteiger partial charge in [0.2, 0.25) is 11.2 Å². The number of carbonyl (C=O) groups is 2. The molecule has 452 valence electrons. The molecule has 0 saturated carbocycles. The number of hydrogen-bond acceptors (Lipinski definition) is 18. The first kappa shape index (κ1) is 65.3. The number of rotatable bonds is 16. The van der Waals surface area contributed by atoms with Gasteiger partial charge in [0.15, 0.2) is 41.1 Å². The zero-order chi connectivity index (χ0) is 62.1. The number of sulfone groups is 2. The van der Waals surface area contributed by atoms with Gasteiger partial charge in [0.1, 0.15) is 11.2 Å². The van der Waals surface area contributed by atoms with Crippen molar-refractivity contribution < 1.29 is 80.5 Å². The van der Waals surface area contributed by atoms with Crippen LogP contribution in [0.15, 0.2) is 129 Å². The lowest BCUT2D eigenvalue weighted by molar-refractivity contribution is -0.296. The van der Waals surface area contributed by atoms with Crippen LogP contribution in [0.2, 0.25) is 0 Å². The van der Waals surface area contributed by atoms with E-state index in [1.165, 1.54) is 44.2 Å². The van der Waals surface area contributed by atoms with Crippen molar-refractivity contribution in [1.29, 1.82) is 0 Å². The van der Waals surface area contributed by atoms with Gasteiger partial charge in [0, 0.05) is 12.8 Å². The van der Waals surface area contributed by atoms with Crippen LogP contribution in [0.3, 0.4) is 0 Å². The number of benzene rings is 2. The van der Waals surface area contributed by atoms with Crippen molar-refractivity contribution in [2.45, 2.75) is 139 Å². The average molecular weight is 1220 g/mol. The third-order valence-corrected chi connectivity index (χ3v) is 15.4. The van der Waals surface area contributed by atoms with Gasteiger partial charge in [-0.3, -0.25) is 10.6 Å². The first-order valence-corrected chi connectivity index (χ1v) is 29.0. The maximum absolute atomic E-state index is 14.8. The molecular formula is C56H62F6N8O12S2. The number of allylic oxidation sites excluding steroid dienone is 2. The molecule has 1 aliphatic heterocycles. The number of fused-ring (bicyclic) bond motifs is 5. The molecule has 4 aromatic heterocycles. The molecule has 0 spiro atoms. The molecule has 20 nitrogen and oxygen atoms in total. The van der Waals surface area contributed by atoms with Crippen LogP contribution >= 0.6 is 0 Å². The van der Waals surface area contributed by atoms with Crippen LogP contribution in [-0.2, 0) is 63.0 Å². The molecule has 5 heterocycles. The van der Waals surface area contributed by atoms with E-state index in [0.717, 1.165) is 6.08 Å². The number of anilines is 2. The monoisotopic (exact) mass is 1220 g/mol. The summed E-state index contributed by atoms with van der Waals surface area (Å²) in [5, 5.41) is 19.1. The van der Waals surface area contributed by atoms with Gasteiger partial charge in [-0.15, -0.1) is 33.6 Å². The molecular weight excluding hydrogens is 1150 g/mol. The van der Waals surface area contributed by atoms with Crippen LogP contribution in [-0.4, -0.2) is 94.4 Å². The molecule has 0 fully saturated rings. The number of alkyl halides is 6. The number of nitrogens with one attached hydrogen (secondary N) is 2. The Balaban J connectivity index is 0.000000270. The van der Waals surface area contributed by atoms with Gasteiger partial charge < -0.3 is 27.8 Å². The molecule has 7 rings (SSSR count). The number of aromatic nitrogens is 6. The Kier molecular flexibility index (Phi) is 20.2. The van der Waals surface area contributed by atoms with Crippen LogP contribution in [0.5, 0.6) is 0 Å². The molecule has 84 heavy (non-hydrogen) atoms. The molecule has 2 amide bonds. The normalized spacial score (nSPS) is 16.3. The SMILES string of the molecule is C=CCCS(=O)(=O)c1nc(-c2nnc(C(CC=C)(OCc3ccccc3)C(F)(F)F)o2)c(NC(=O)OC(C)(C)C)cc1C.Cc1cc(NC(=O)OC(C)(C)C)c2nc1S(=O)(=O)CCC=CCC(OCc1ccccc1)(C(F)(F)F)c1nnc-2o1. The molecule has 28 heteroatoms. The largest absolute Gasteiger partial charge is 0.444 e. The second-order valence-electron chi connectivity index (χ2n) is 21.0. The van der Waals surface area contributed by atoms with Crippen molar-refractivity contribution in [1.82, 2.24) is 30.4 Å². The van der Waals surface area contributed by atoms with E-state index in [1.807, 2.05) is 0 Å². The molecule has 0 saturated heterocycles. The van der Waals surface area contributed by atoms with Crippen molar-refractivity contribution in [2.24, 2.45) is 0 Å². The highest BCUT2D eigenvalue weighted by Gasteiger charge is 2.62. The average Bonchev–Trinajstić information content (AvgIpc) is 1.91. The third kappa shape index (κ3) is 16.1. The standard InChI is InChI=1S/C29H33F3N4O6S.C27H29F3N4O6S/c1-7-9-16-43(38,39)24-19(3)17-21(33-26(37)42-27(4,5)6)22(34-24)23-35-36-25(41-23)28(15-8-2,29(30,31)32)40-18-20-13-11-10-12-14-20;1-17-15-19(31-24(35)40-25(2,3)4)20-21-33-34-23(39-21)26(27(28,29)30,38-16-18-11-7-5-8-12-18)13-9-6-10-14-41(36,37)22(17)32-20/h7-8,10-14,17H,1-2,9,15-16,18H2,3-6H3,(H,33,37);5-9,11-12,15H,10,13-14,16H2,1-4H3,(H,31,35). The van der Waals surface area contributed by atoms with E-state index in [2.05, 4.69) is 54.2 Å². The molecule has 0 radical (unpaired) electrons. The first-order chi connectivity index (χ1) is 39.1. The molecule has 6 aromatic rings. The van der Waals surface area contributed by atoms with E-state index < -0.39 is 122 Å². The van der Waals surface area contributed by atoms with Gasteiger partial charge >= 0.3 is 24.5 Å². The minimum absolute atomic E-state index is 0.0857. The summed E-state index contributed by atoms with van der Waals surface area (Å²) in [7, 11) is -7.98. The van der Waals surface area contributed by atoms with Crippen LogP contribution in [0.1, 0.15) is 101 Å². The summed E-state index contributed by atoms with van der Waals surface area (Å²) < 4.78 is 173. The van der Waals surface area contributed by atoms with Crippen LogP contribution in [0.4, 0.5) is 47.3 Å². The zero-order valence-electron chi connectivity index (χ0n) is 47.0. The lowest BCUT2D eigenvalue weighted by atomic mass is 9.97. The Hall–Kier alpha value is -7.82. The smallest absolute Gasteiger partial charge is 0.426 e. The zero-order valence-corrected chi connectivity index (χ0v) is 48.6. The van der Waals surface area contributed by atoms with E-state index in [4.69, 9.17) is 27.8 Å². The Morgan fingerprint density at radius 1 is 0.726 bits per heavy atom. The van der Waals surface area contributed by atoms with Crippen molar-refractivity contribution in [3.05, 3.63) is 144 Å². The summed E-state index contributed by atoms with van der Waals surface area (Å²) in [4.78, 5) is 33.5. The number of pyridine rings is 2.